The fourth-order valence-corrected chi connectivity index (χ4v) is 5.14. The van der Waals surface area contributed by atoms with Crippen molar-refractivity contribution in [3.05, 3.63) is 51.4 Å². The van der Waals surface area contributed by atoms with Gasteiger partial charge in [-0.1, -0.05) is 11.3 Å². The largest absolute Gasteiger partial charge is 0.357 e. The van der Waals surface area contributed by atoms with Crippen LogP contribution in [0.1, 0.15) is 15.2 Å². The van der Waals surface area contributed by atoms with Crippen LogP contribution in [0.4, 0.5) is 11.1 Å². The van der Waals surface area contributed by atoms with Crippen molar-refractivity contribution in [3.8, 4) is 10.6 Å². The number of halogens is 1. The highest BCUT2D eigenvalue weighted by atomic mass is 79.9. The summed E-state index contributed by atoms with van der Waals surface area (Å²) in [5.74, 6) is 0.335. The minimum Gasteiger partial charge on any atom is -0.357 e. The third-order valence-corrected chi connectivity index (χ3v) is 6.55. The number of carbonyl (C=O) groups excluding carboxylic acids is 1. The van der Waals surface area contributed by atoms with E-state index in [1.165, 1.54) is 22.7 Å². The molecule has 0 fully saturated rings. The molecule has 7 nitrogen and oxygen atoms in total. The lowest BCUT2D eigenvalue weighted by Crippen LogP contribution is -2.09. The van der Waals surface area contributed by atoms with E-state index in [2.05, 4.69) is 41.5 Å². The minimum absolute atomic E-state index is 0.201. The first-order valence-electron chi connectivity index (χ1n) is 8.29. The number of nitrogens with zero attached hydrogens (tertiary/aromatic N) is 3. The lowest BCUT2D eigenvalue weighted by Gasteiger charge is -2.00. The van der Waals surface area contributed by atoms with Gasteiger partial charge in [0.1, 0.15) is 0 Å². The molecule has 3 heterocycles. The maximum absolute atomic E-state index is 12.7. The van der Waals surface area contributed by atoms with E-state index in [0.29, 0.717) is 22.5 Å². The zero-order valence-electron chi connectivity index (χ0n) is 14.7. The quantitative estimate of drug-likeness (QED) is 0.397. The van der Waals surface area contributed by atoms with E-state index in [1.807, 2.05) is 24.3 Å². The van der Waals surface area contributed by atoms with E-state index in [-0.39, 0.29) is 5.91 Å². The van der Waals surface area contributed by atoms with Gasteiger partial charge in [-0.3, -0.25) is 10.1 Å². The number of nitrogens with two attached hydrogens (primary N) is 1. The molecular weight excluding hydrogens is 460 g/mol. The van der Waals surface area contributed by atoms with E-state index >= 15 is 0 Å². The molecule has 0 bridgehead atoms. The molecule has 4 N–H and O–H groups in total. The second-order valence-electron chi connectivity index (χ2n) is 5.78. The van der Waals surface area contributed by atoms with Crippen LogP contribution in [-0.2, 0) is 6.54 Å². The van der Waals surface area contributed by atoms with Crippen molar-refractivity contribution < 1.29 is 4.79 Å². The molecule has 28 heavy (non-hydrogen) atoms. The number of fused-ring (bicyclic) bond motifs is 1. The van der Waals surface area contributed by atoms with E-state index in [0.717, 1.165) is 30.8 Å². The third kappa shape index (κ3) is 3.76. The second-order valence-corrected chi connectivity index (χ2v) is 8.75. The van der Waals surface area contributed by atoms with Gasteiger partial charge in [0, 0.05) is 24.3 Å². The van der Waals surface area contributed by atoms with Crippen molar-refractivity contribution in [1.29, 1.82) is 0 Å². The Labute approximate surface area is 177 Å². The van der Waals surface area contributed by atoms with E-state index in [9.17, 15) is 4.79 Å². The van der Waals surface area contributed by atoms with Crippen LogP contribution in [0.3, 0.4) is 0 Å². The Bertz CT molecular complexity index is 1170. The summed E-state index contributed by atoms with van der Waals surface area (Å²) in [6.45, 7) is 0.449. The average Bonchev–Trinajstić information content (AvgIpc) is 3.35. The number of thiazole rings is 1. The molecule has 0 unspecified atom stereocenters. The van der Waals surface area contributed by atoms with Crippen molar-refractivity contribution in [2.45, 2.75) is 6.54 Å². The van der Waals surface area contributed by atoms with Gasteiger partial charge in [-0.25, -0.2) is 15.0 Å². The molecule has 0 saturated carbocycles. The van der Waals surface area contributed by atoms with Crippen LogP contribution in [0.2, 0.25) is 0 Å². The molecule has 0 spiro atoms. The zero-order chi connectivity index (χ0) is 19.7. The van der Waals surface area contributed by atoms with Gasteiger partial charge in [0.25, 0.3) is 5.91 Å². The Morgan fingerprint density at radius 1 is 1.21 bits per heavy atom. The van der Waals surface area contributed by atoms with Crippen LogP contribution in [0.15, 0.2) is 41.0 Å². The first-order chi connectivity index (χ1) is 13.6. The van der Waals surface area contributed by atoms with Crippen LogP contribution in [0, 0.1) is 0 Å². The summed E-state index contributed by atoms with van der Waals surface area (Å²) in [6.07, 6.45) is 1.68. The molecule has 0 aliphatic rings. The number of hydrogen-bond acceptors (Lipinski definition) is 8. The number of hydrogen-bond donors (Lipinski definition) is 3. The average molecular weight is 475 g/mol. The number of benzene rings is 1. The standard InChI is InChI=1S/C18H15BrN6OS2/c1-21-17-22-5-4-11(23-17)12-2-3-13(27-12)16(26)25-18-24-15-10(19)6-9(8-20)7-14(15)28-18/h2-7H,8,20H2,1H3,(H,21,22,23)(H,24,25,26). The van der Waals surface area contributed by atoms with Gasteiger partial charge in [-0.2, -0.15) is 0 Å². The van der Waals surface area contributed by atoms with Gasteiger partial charge in [0.2, 0.25) is 5.95 Å². The Morgan fingerprint density at radius 2 is 2.07 bits per heavy atom. The van der Waals surface area contributed by atoms with Gasteiger partial charge in [0.05, 0.1) is 25.7 Å². The van der Waals surface area contributed by atoms with Gasteiger partial charge in [-0.15, -0.1) is 11.3 Å². The third-order valence-electron chi connectivity index (χ3n) is 3.93. The molecule has 4 aromatic rings. The van der Waals surface area contributed by atoms with E-state index in [1.54, 1.807) is 19.3 Å². The Morgan fingerprint density at radius 3 is 2.86 bits per heavy atom. The molecule has 1 aromatic carbocycles. The van der Waals surface area contributed by atoms with E-state index in [4.69, 9.17) is 5.73 Å². The molecule has 3 aromatic heterocycles. The minimum atomic E-state index is -0.201. The Hall–Kier alpha value is -2.40. The molecule has 10 heteroatoms. The Balaban J connectivity index is 1.56. The fraction of sp³-hybridized carbons (Fsp3) is 0.111. The molecule has 4 rings (SSSR count). The Kier molecular flexibility index (Phi) is 5.36. The maximum Gasteiger partial charge on any atom is 0.267 e. The molecule has 142 valence electrons. The lowest BCUT2D eigenvalue weighted by atomic mass is 10.2. The number of anilines is 2. The smallest absolute Gasteiger partial charge is 0.267 e. The normalized spacial score (nSPS) is 11.0. The van der Waals surface area contributed by atoms with Crippen molar-refractivity contribution in [3.63, 3.8) is 0 Å². The summed E-state index contributed by atoms with van der Waals surface area (Å²) in [7, 11) is 1.76. The zero-order valence-corrected chi connectivity index (χ0v) is 17.9. The highest BCUT2D eigenvalue weighted by Gasteiger charge is 2.15. The fourth-order valence-electron chi connectivity index (χ4n) is 2.59. The van der Waals surface area contributed by atoms with Crippen LogP contribution in [0.25, 0.3) is 20.8 Å². The monoisotopic (exact) mass is 474 g/mol. The first-order valence-corrected chi connectivity index (χ1v) is 10.7. The highest BCUT2D eigenvalue weighted by molar-refractivity contribution is 9.10. The highest BCUT2D eigenvalue weighted by Crippen LogP contribution is 2.33. The number of aromatic nitrogens is 3. The summed E-state index contributed by atoms with van der Waals surface area (Å²) < 4.78 is 1.84. The van der Waals surface area contributed by atoms with Crippen molar-refractivity contribution in [1.82, 2.24) is 15.0 Å². The summed E-state index contributed by atoms with van der Waals surface area (Å²) >= 11 is 6.30. The number of amides is 1. The summed E-state index contributed by atoms with van der Waals surface area (Å²) in [6, 6.07) is 9.41. The van der Waals surface area contributed by atoms with Gasteiger partial charge in [-0.05, 0) is 51.8 Å². The molecular formula is C18H15BrN6OS2. The lowest BCUT2D eigenvalue weighted by molar-refractivity contribution is 0.103. The van der Waals surface area contributed by atoms with E-state index < -0.39 is 0 Å². The molecule has 0 radical (unpaired) electrons. The van der Waals surface area contributed by atoms with Gasteiger partial charge >= 0.3 is 0 Å². The molecule has 1 amide bonds. The second kappa shape index (κ2) is 7.92. The molecule has 0 aliphatic carbocycles. The number of rotatable bonds is 5. The van der Waals surface area contributed by atoms with Gasteiger partial charge < -0.3 is 11.1 Å². The van der Waals surface area contributed by atoms with Crippen molar-refractivity contribution in [2.24, 2.45) is 5.73 Å². The summed E-state index contributed by atoms with van der Waals surface area (Å²) in [4.78, 5) is 27.2. The first kappa shape index (κ1) is 18.9. The molecule has 0 saturated heterocycles. The molecule has 0 atom stereocenters. The number of thiophene rings is 1. The number of nitrogens with one attached hydrogen (secondary N) is 2. The topological polar surface area (TPSA) is 106 Å². The number of carbonyl (C=O) groups is 1. The van der Waals surface area contributed by atoms with Crippen molar-refractivity contribution in [2.75, 3.05) is 17.7 Å². The predicted octanol–water partition coefficient (Wildman–Crippen LogP) is 4.33. The summed E-state index contributed by atoms with van der Waals surface area (Å²) in [5, 5.41) is 6.34. The van der Waals surface area contributed by atoms with Crippen LogP contribution < -0.4 is 16.4 Å². The predicted molar refractivity (Wildman–Crippen MR) is 118 cm³/mol. The molecule has 0 aliphatic heterocycles. The van der Waals surface area contributed by atoms with Crippen LogP contribution in [-0.4, -0.2) is 27.9 Å². The summed E-state index contributed by atoms with van der Waals surface area (Å²) in [5.41, 5.74) is 8.31. The SMILES string of the molecule is CNc1nccc(-c2ccc(C(=O)Nc3nc4c(Br)cc(CN)cc4s3)s2)n1. The maximum atomic E-state index is 12.7. The van der Waals surface area contributed by atoms with Crippen LogP contribution in [0.5, 0.6) is 0 Å². The van der Waals surface area contributed by atoms with Crippen LogP contribution >= 0.6 is 38.6 Å². The van der Waals surface area contributed by atoms with Gasteiger partial charge in [0.15, 0.2) is 5.13 Å². The van der Waals surface area contributed by atoms with Crippen molar-refractivity contribution >= 4 is 65.8 Å².